The van der Waals surface area contributed by atoms with E-state index in [0.717, 1.165) is 38.9 Å². The van der Waals surface area contributed by atoms with E-state index in [0.29, 0.717) is 23.0 Å². The van der Waals surface area contributed by atoms with Crippen molar-refractivity contribution in [2.75, 3.05) is 19.6 Å². The second kappa shape index (κ2) is 11.7. The maximum atomic E-state index is 12.9. The molecule has 2 N–H and O–H groups in total. The molecule has 1 aromatic heterocycles. The number of hydrogen-bond acceptors (Lipinski definition) is 4. The van der Waals surface area contributed by atoms with Crippen LogP contribution in [0.4, 0.5) is 0 Å². The van der Waals surface area contributed by atoms with Gasteiger partial charge in [0.05, 0.1) is 0 Å². The van der Waals surface area contributed by atoms with Crippen LogP contribution in [0.5, 0.6) is 0 Å². The van der Waals surface area contributed by atoms with Crippen molar-refractivity contribution in [3.63, 3.8) is 0 Å². The summed E-state index contributed by atoms with van der Waals surface area (Å²) in [5.41, 5.74) is 0.503. The predicted molar refractivity (Wildman–Crippen MR) is 127 cm³/mol. The Morgan fingerprint density at radius 2 is 1.90 bits per heavy atom. The van der Waals surface area contributed by atoms with Crippen LogP contribution in [0.15, 0.2) is 41.8 Å². The summed E-state index contributed by atoms with van der Waals surface area (Å²) in [5.74, 6) is 0.175. The second-order valence-corrected chi connectivity index (χ2v) is 9.86. The molecular weight excluding hydrogens is 430 g/mol. The topological polar surface area (TPSA) is 61.4 Å². The number of amides is 2. The number of nitrogens with one attached hydrogen (secondary N) is 2. The van der Waals surface area contributed by atoms with E-state index < -0.39 is 6.04 Å². The molecule has 7 heteroatoms. The second-order valence-electron chi connectivity index (χ2n) is 8.39. The zero-order valence-electron chi connectivity index (χ0n) is 18.3. The van der Waals surface area contributed by atoms with Crippen molar-refractivity contribution in [2.24, 2.45) is 11.8 Å². The lowest BCUT2D eigenvalue weighted by Gasteiger charge is -2.32. The quantitative estimate of drug-likeness (QED) is 0.574. The summed E-state index contributed by atoms with van der Waals surface area (Å²) in [4.78, 5) is 29.4. The van der Waals surface area contributed by atoms with Gasteiger partial charge in [-0.15, -0.1) is 11.3 Å². The van der Waals surface area contributed by atoms with Crippen molar-refractivity contribution < 1.29 is 9.59 Å². The standard InChI is InChI=1S/C24H32ClN3O2S/c1-3-17(2)22(27-23(29)19-6-8-20(25)9-7-19)24(30)26-15-18-10-12-28(13-11-18)16-21-5-4-14-31-21/h4-9,14,17-18,22H,3,10-13,15-16H2,1-2H3,(H,26,30)(H,27,29). The zero-order valence-corrected chi connectivity index (χ0v) is 19.8. The molecule has 2 amide bonds. The SMILES string of the molecule is CCC(C)C(NC(=O)c1ccc(Cl)cc1)C(=O)NCC1CCN(Cc2cccs2)CC1. The van der Waals surface area contributed by atoms with Gasteiger partial charge in [-0.2, -0.15) is 0 Å². The van der Waals surface area contributed by atoms with Crippen LogP contribution in [0.3, 0.4) is 0 Å². The number of likely N-dealkylation sites (tertiary alicyclic amines) is 1. The molecule has 3 rings (SSSR count). The van der Waals surface area contributed by atoms with Crippen molar-refractivity contribution in [3.05, 3.63) is 57.2 Å². The molecule has 0 saturated carbocycles. The highest BCUT2D eigenvalue weighted by molar-refractivity contribution is 7.09. The van der Waals surface area contributed by atoms with Crippen molar-refractivity contribution in [2.45, 2.75) is 45.7 Å². The van der Waals surface area contributed by atoms with E-state index in [1.54, 1.807) is 35.6 Å². The third kappa shape index (κ3) is 7.06. The van der Waals surface area contributed by atoms with Crippen LogP contribution < -0.4 is 10.6 Å². The zero-order chi connectivity index (χ0) is 22.2. The van der Waals surface area contributed by atoms with Gasteiger partial charge in [0, 0.05) is 28.6 Å². The molecule has 0 aliphatic carbocycles. The minimum Gasteiger partial charge on any atom is -0.354 e. The summed E-state index contributed by atoms with van der Waals surface area (Å²) in [6, 6.07) is 10.4. The van der Waals surface area contributed by atoms with Gasteiger partial charge in [-0.25, -0.2) is 0 Å². The number of rotatable bonds is 9. The van der Waals surface area contributed by atoms with E-state index in [9.17, 15) is 9.59 Å². The summed E-state index contributed by atoms with van der Waals surface area (Å²) in [5, 5.41) is 8.72. The Hall–Kier alpha value is -1.89. The molecular formula is C24H32ClN3O2S. The van der Waals surface area contributed by atoms with Crippen LogP contribution >= 0.6 is 22.9 Å². The Kier molecular flexibility index (Phi) is 8.93. The molecule has 1 saturated heterocycles. The molecule has 2 unspecified atom stereocenters. The number of hydrogen-bond donors (Lipinski definition) is 2. The number of benzene rings is 1. The highest BCUT2D eigenvalue weighted by Crippen LogP contribution is 2.20. The Bertz CT molecular complexity index is 833. The van der Waals surface area contributed by atoms with Gasteiger partial charge in [-0.3, -0.25) is 14.5 Å². The molecule has 2 heterocycles. The molecule has 168 valence electrons. The summed E-state index contributed by atoms with van der Waals surface area (Å²) >= 11 is 7.71. The van der Waals surface area contributed by atoms with Gasteiger partial charge < -0.3 is 10.6 Å². The van der Waals surface area contributed by atoms with Gasteiger partial charge in [-0.1, -0.05) is 37.9 Å². The molecule has 31 heavy (non-hydrogen) atoms. The molecule has 1 fully saturated rings. The molecule has 0 bridgehead atoms. The van der Waals surface area contributed by atoms with E-state index in [-0.39, 0.29) is 17.7 Å². The summed E-state index contributed by atoms with van der Waals surface area (Å²) in [6.45, 7) is 7.82. The summed E-state index contributed by atoms with van der Waals surface area (Å²) in [7, 11) is 0. The van der Waals surface area contributed by atoms with Gasteiger partial charge in [0.2, 0.25) is 5.91 Å². The Labute approximate surface area is 194 Å². The number of carbonyl (C=O) groups excluding carboxylic acids is 2. The third-order valence-corrected chi connectivity index (χ3v) is 7.23. The molecule has 0 spiro atoms. The summed E-state index contributed by atoms with van der Waals surface area (Å²) < 4.78 is 0. The third-order valence-electron chi connectivity index (χ3n) is 6.12. The van der Waals surface area contributed by atoms with Crippen LogP contribution in [-0.2, 0) is 11.3 Å². The van der Waals surface area contributed by atoms with E-state index in [1.165, 1.54) is 4.88 Å². The van der Waals surface area contributed by atoms with Gasteiger partial charge in [0.1, 0.15) is 6.04 Å². The lowest BCUT2D eigenvalue weighted by atomic mass is 9.95. The normalized spacial score (nSPS) is 17.1. The van der Waals surface area contributed by atoms with Crippen LogP contribution in [0.2, 0.25) is 5.02 Å². The van der Waals surface area contributed by atoms with E-state index in [4.69, 9.17) is 11.6 Å². The number of halogens is 1. The summed E-state index contributed by atoms with van der Waals surface area (Å²) in [6.07, 6.45) is 2.97. The Morgan fingerprint density at radius 1 is 1.19 bits per heavy atom. The van der Waals surface area contributed by atoms with Gasteiger partial charge in [0.25, 0.3) is 5.91 Å². The smallest absolute Gasteiger partial charge is 0.251 e. The first-order chi connectivity index (χ1) is 15.0. The lowest BCUT2D eigenvalue weighted by Crippen LogP contribution is -2.51. The Balaban J connectivity index is 1.48. The van der Waals surface area contributed by atoms with Crippen molar-refractivity contribution >= 4 is 34.8 Å². The maximum Gasteiger partial charge on any atom is 0.251 e. The van der Waals surface area contributed by atoms with Crippen LogP contribution in [0.1, 0.15) is 48.3 Å². The number of carbonyl (C=O) groups is 2. The molecule has 2 atom stereocenters. The monoisotopic (exact) mass is 461 g/mol. The fourth-order valence-electron chi connectivity index (χ4n) is 3.85. The first kappa shape index (κ1) is 23.8. The minimum absolute atomic E-state index is 0.0453. The highest BCUT2D eigenvalue weighted by atomic mass is 35.5. The van der Waals surface area contributed by atoms with E-state index >= 15 is 0 Å². The molecule has 0 radical (unpaired) electrons. The van der Waals surface area contributed by atoms with Crippen molar-refractivity contribution in [1.82, 2.24) is 15.5 Å². The van der Waals surface area contributed by atoms with E-state index in [2.05, 4.69) is 33.0 Å². The molecule has 1 aromatic carbocycles. The van der Waals surface area contributed by atoms with Gasteiger partial charge in [-0.05, 0) is 73.5 Å². The fourth-order valence-corrected chi connectivity index (χ4v) is 4.73. The van der Waals surface area contributed by atoms with Gasteiger partial charge >= 0.3 is 0 Å². The average Bonchev–Trinajstić information content (AvgIpc) is 3.29. The molecule has 5 nitrogen and oxygen atoms in total. The average molecular weight is 462 g/mol. The van der Waals surface area contributed by atoms with Crippen LogP contribution in [-0.4, -0.2) is 42.4 Å². The highest BCUT2D eigenvalue weighted by Gasteiger charge is 2.27. The molecule has 1 aliphatic rings. The van der Waals surface area contributed by atoms with E-state index in [1.807, 2.05) is 13.8 Å². The largest absolute Gasteiger partial charge is 0.354 e. The Morgan fingerprint density at radius 3 is 2.52 bits per heavy atom. The fraction of sp³-hybridized carbons (Fsp3) is 0.500. The van der Waals surface area contributed by atoms with Crippen LogP contribution in [0.25, 0.3) is 0 Å². The van der Waals surface area contributed by atoms with Gasteiger partial charge in [0.15, 0.2) is 0 Å². The van der Waals surface area contributed by atoms with Crippen LogP contribution in [0, 0.1) is 11.8 Å². The maximum absolute atomic E-state index is 12.9. The molecule has 1 aliphatic heterocycles. The number of piperidine rings is 1. The first-order valence-corrected chi connectivity index (χ1v) is 12.3. The number of thiophene rings is 1. The lowest BCUT2D eigenvalue weighted by molar-refractivity contribution is -0.124. The van der Waals surface area contributed by atoms with Crippen molar-refractivity contribution in [1.29, 1.82) is 0 Å². The predicted octanol–water partition coefficient (Wildman–Crippen LogP) is 4.57. The minimum atomic E-state index is -0.549. The number of nitrogens with zero attached hydrogens (tertiary/aromatic N) is 1. The molecule has 2 aromatic rings. The first-order valence-electron chi connectivity index (χ1n) is 11.0. The van der Waals surface area contributed by atoms with Crippen molar-refractivity contribution in [3.8, 4) is 0 Å².